The van der Waals surface area contributed by atoms with E-state index >= 15 is 0 Å². The van der Waals surface area contributed by atoms with Gasteiger partial charge in [-0.2, -0.15) is 0 Å². The molecule has 6 atom stereocenters. The lowest BCUT2D eigenvalue weighted by Gasteiger charge is -2.54. The lowest BCUT2D eigenvalue weighted by Crippen LogP contribution is -2.68. The van der Waals surface area contributed by atoms with Gasteiger partial charge in [-0.05, 0) is 79.4 Å². The van der Waals surface area contributed by atoms with Gasteiger partial charge in [-0.15, -0.1) is 0 Å². The summed E-state index contributed by atoms with van der Waals surface area (Å²) in [4.78, 5) is 13.9. The number of carbonyl (C=O) groups is 1. The molecule has 0 radical (unpaired) electrons. The van der Waals surface area contributed by atoms with Crippen LogP contribution < -0.4 is 0 Å². The molecule has 1 heterocycles. The van der Waals surface area contributed by atoms with Gasteiger partial charge < -0.3 is 27.9 Å². The normalized spacial score (nSPS) is 24.0. The van der Waals surface area contributed by atoms with Gasteiger partial charge in [-0.1, -0.05) is 112 Å². The van der Waals surface area contributed by atoms with Crippen molar-refractivity contribution in [3.63, 3.8) is 0 Å². The molecule has 0 saturated carbocycles. The number of hydrogen-bond acceptors (Lipinski definition) is 7. The van der Waals surface area contributed by atoms with Gasteiger partial charge in [-0.25, -0.2) is 4.79 Å². The van der Waals surface area contributed by atoms with Crippen LogP contribution in [0.2, 0.25) is 74.0 Å². The van der Waals surface area contributed by atoms with Crippen molar-refractivity contribution in [3.8, 4) is 0 Å². The van der Waals surface area contributed by atoms with Gasteiger partial charge in [0.1, 0.15) is 18.3 Å². The van der Waals surface area contributed by atoms with Gasteiger partial charge >= 0.3 is 5.97 Å². The fourth-order valence-electron chi connectivity index (χ4n) is 5.06. The van der Waals surface area contributed by atoms with Gasteiger partial charge in [0.2, 0.25) is 0 Å². The summed E-state index contributed by atoms with van der Waals surface area (Å²) in [6, 6.07) is 9.12. The Morgan fingerprint density at radius 1 is 0.760 bits per heavy atom. The molecular formula is C39H74O7Si4. The zero-order valence-corrected chi connectivity index (χ0v) is 39.0. The van der Waals surface area contributed by atoms with E-state index in [1.165, 1.54) is 0 Å². The van der Waals surface area contributed by atoms with Crippen LogP contribution in [0.3, 0.4) is 0 Å². The van der Waals surface area contributed by atoms with E-state index in [2.05, 4.69) is 133 Å². The Hall–Kier alpha value is -0.902. The molecule has 1 aromatic carbocycles. The zero-order chi connectivity index (χ0) is 38.7. The highest BCUT2D eigenvalue weighted by Gasteiger charge is 2.57. The second-order valence-corrected chi connectivity index (χ2v) is 39.3. The molecule has 0 aromatic heterocycles. The van der Waals surface area contributed by atoms with Crippen molar-refractivity contribution in [1.82, 2.24) is 0 Å². The maximum Gasteiger partial charge on any atom is 0.338 e. The SMILES string of the molecule is CC(C)(C)[Si](C)(C)OC1C(OC(=O)c2ccccc2)C(CCCO)OC([C@H](C=C[Si](C)(C)C)O[Si](C)(C)C(C)(C)C)C1O[Si](C)(C)C(C)(C)C. The first kappa shape index (κ1) is 45.3. The first-order valence-electron chi connectivity index (χ1n) is 18.7. The van der Waals surface area contributed by atoms with Crippen molar-refractivity contribution >= 4 is 39.0 Å². The molecule has 0 amide bonds. The Labute approximate surface area is 310 Å². The van der Waals surface area contributed by atoms with Gasteiger partial charge in [0, 0.05) is 6.61 Å². The summed E-state index contributed by atoms with van der Waals surface area (Å²) in [5.74, 6) is -0.422. The molecule has 1 aliphatic heterocycles. The van der Waals surface area contributed by atoms with Crippen molar-refractivity contribution in [2.75, 3.05) is 6.61 Å². The third-order valence-electron chi connectivity index (χ3n) is 11.4. The van der Waals surface area contributed by atoms with Crippen LogP contribution in [0.15, 0.2) is 42.1 Å². The van der Waals surface area contributed by atoms with Gasteiger partial charge in [-0.3, -0.25) is 0 Å². The van der Waals surface area contributed by atoms with Crippen LogP contribution in [0, 0.1) is 0 Å². The summed E-state index contributed by atoms with van der Waals surface area (Å²) in [6.45, 7) is 40.8. The van der Waals surface area contributed by atoms with E-state index in [4.69, 9.17) is 22.8 Å². The highest BCUT2D eigenvalue weighted by atomic mass is 28.4. The number of carbonyl (C=O) groups excluding carboxylic acids is 1. The maximum absolute atomic E-state index is 13.9. The number of hydrogen-bond donors (Lipinski definition) is 1. The summed E-state index contributed by atoms with van der Waals surface area (Å²) in [6.07, 6.45) is -0.215. The smallest absolute Gasteiger partial charge is 0.338 e. The molecule has 0 spiro atoms. The summed E-state index contributed by atoms with van der Waals surface area (Å²) in [7, 11) is -8.92. The highest BCUT2D eigenvalue weighted by molar-refractivity contribution is 6.81. The number of rotatable bonds is 14. The summed E-state index contributed by atoms with van der Waals surface area (Å²) >= 11 is 0. The quantitative estimate of drug-likeness (QED) is 0.149. The predicted molar refractivity (Wildman–Crippen MR) is 219 cm³/mol. The molecule has 50 heavy (non-hydrogen) atoms. The minimum atomic E-state index is -2.48. The lowest BCUT2D eigenvalue weighted by atomic mass is 9.90. The molecule has 1 fully saturated rings. The molecule has 1 saturated heterocycles. The van der Waals surface area contributed by atoms with Crippen molar-refractivity contribution in [3.05, 3.63) is 47.7 Å². The molecule has 288 valence electrons. The van der Waals surface area contributed by atoms with Crippen molar-refractivity contribution < 1.29 is 32.7 Å². The molecule has 0 bridgehead atoms. The topological polar surface area (TPSA) is 83.5 Å². The Bertz CT molecular complexity index is 1250. The molecule has 11 heteroatoms. The van der Waals surface area contributed by atoms with E-state index in [1.807, 2.05) is 18.2 Å². The van der Waals surface area contributed by atoms with Crippen molar-refractivity contribution in [1.29, 1.82) is 0 Å². The molecule has 5 unspecified atom stereocenters. The van der Waals surface area contributed by atoms with Crippen molar-refractivity contribution in [2.45, 2.75) is 186 Å². The van der Waals surface area contributed by atoms with Gasteiger partial charge in [0.25, 0.3) is 0 Å². The van der Waals surface area contributed by atoms with Crippen LogP contribution in [-0.2, 0) is 22.8 Å². The number of ether oxygens (including phenoxy) is 2. The Morgan fingerprint density at radius 2 is 1.24 bits per heavy atom. The summed E-state index contributed by atoms with van der Waals surface area (Å²) in [5.41, 5.74) is 2.83. The molecule has 1 N–H and O–H groups in total. The maximum atomic E-state index is 13.9. The number of benzene rings is 1. The molecule has 7 nitrogen and oxygen atoms in total. The van der Waals surface area contributed by atoms with Crippen LogP contribution in [0.5, 0.6) is 0 Å². The standard InChI is InChI=1S/C39H74O7Si4/c1-37(2,3)48(13,14)44-31(26-28-47(10,11)12)33-35(46-50(17,18)39(7,8)9)34(45-49(15,16)38(4,5)6)32(30(42-33)25-22-27-40)43-36(41)29-23-20-19-21-24-29/h19-21,23-24,26,28,30-35,40H,22,25,27H2,1-18H3/t30?,31-,32?,33?,34?,35?/m0/s1. The average molecular weight is 767 g/mol. The molecule has 0 aliphatic carbocycles. The first-order chi connectivity index (χ1) is 22.4. The zero-order valence-electron chi connectivity index (χ0n) is 35.0. The lowest BCUT2D eigenvalue weighted by molar-refractivity contribution is -0.230. The molecule has 2 rings (SSSR count). The minimum Gasteiger partial charge on any atom is -0.453 e. The summed E-state index contributed by atoms with van der Waals surface area (Å²) in [5, 5.41) is 9.79. The van der Waals surface area contributed by atoms with Crippen LogP contribution in [-0.4, -0.2) is 87.3 Å². The fourth-order valence-corrected chi connectivity index (χ4v) is 9.68. The first-order valence-corrected chi connectivity index (χ1v) is 31.0. The van der Waals surface area contributed by atoms with E-state index in [-0.39, 0.29) is 21.7 Å². The van der Waals surface area contributed by atoms with Crippen molar-refractivity contribution in [2.24, 2.45) is 0 Å². The van der Waals surface area contributed by atoms with E-state index < -0.39 is 75.6 Å². The minimum absolute atomic E-state index is 0.000950. The van der Waals surface area contributed by atoms with E-state index in [1.54, 1.807) is 12.1 Å². The van der Waals surface area contributed by atoms with Gasteiger partial charge in [0.15, 0.2) is 31.1 Å². The Morgan fingerprint density at radius 3 is 1.68 bits per heavy atom. The van der Waals surface area contributed by atoms with Crippen LogP contribution >= 0.6 is 0 Å². The highest BCUT2D eigenvalue weighted by Crippen LogP contribution is 2.46. The second-order valence-electron chi connectivity index (χ2n) is 20.0. The fraction of sp³-hybridized carbons (Fsp3) is 0.769. The third kappa shape index (κ3) is 12.1. The number of aliphatic hydroxyl groups is 1. The predicted octanol–water partition coefficient (Wildman–Crippen LogP) is 10.4. The summed E-state index contributed by atoms with van der Waals surface area (Å²) < 4.78 is 36.0. The molecule has 1 aromatic rings. The van der Waals surface area contributed by atoms with Crippen LogP contribution in [0.1, 0.15) is 85.5 Å². The molecule has 1 aliphatic rings. The largest absolute Gasteiger partial charge is 0.453 e. The third-order valence-corrected chi connectivity index (χ3v) is 26.0. The van der Waals surface area contributed by atoms with E-state index in [0.29, 0.717) is 18.4 Å². The van der Waals surface area contributed by atoms with Crippen LogP contribution in [0.25, 0.3) is 0 Å². The number of aliphatic hydroxyl groups excluding tert-OH is 1. The Balaban J connectivity index is 2.98. The van der Waals surface area contributed by atoms with Gasteiger partial charge in [0.05, 0.1) is 25.8 Å². The van der Waals surface area contributed by atoms with Crippen LogP contribution in [0.4, 0.5) is 0 Å². The number of esters is 1. The monoisotopic (exact) mass is 766 g/mol. The van der Waals surface area contributed by atoms with E-state index in [0.717, 1.165) is 0 Å². The van der Waals surface area contributed by atoms with E-state index in [9.17, 15) is 9.90 Å². The second kappa shape index (κ2) is 16.6. The average Bonchev–Trinajstić information content (AvgIpc) is 2.94. The molecular weight excluding hydrogens is 693 g/mol. The Kier molecular flexibility index (Phi) is 15.1.